The predicted molar refractivity (Wildman–Crippen MR) is 71.4 cm³/mol. The monoisotopic (exact) mass is 234 g/mol. The van der Waals surface area contributed by atoms with Crippen molar-refractivity contribution in [2.75, 3.05) is 13.6 Å². The van der Waals surface area contributed by atoms with Crippen LogP contribution in [0, 0.1) is 6.92 Å². The van der Waals surface area contributed by atoms with Crippen LogP contribution in [-0.4, -0.2) is 19.6 Å². The highest BCUT2D eigenvalue weighted by Crippen LogP contribution is 2.18. The van der Waals surface area contributed by atoms with Crippen LogP contribution in [0.25, 0.3) is 0 Å². The van der Waals surface area contributed by atoms with E-state index in [0.717, 1.165) is 6.42 Å². The maximum absolute atomic E-state index is 11.0. The summed E-state index contributed by atoms with van der Waals surface area (Å²) in [6, 6.07) is 6.45. The van der Waals surface area contributed by atoms with E-state index in [4.69, 9.17) is 0 Å². The van der Waals surface area contributed by atoms with Gasteiger partial charge in [-0.1, -0.05) is 32.0 Å². The summed E-state index contributed by atoms with van der Waals surface area (Å²) in [5.74, 6) is 0.543. The maximum atomic E-state index is 11.0. The van der Waals surface area contributed by atoms with E-state index in [0.29, 0.717) is 12.5 Å². The summed E-state index contributed by atoms with van der Waals surface area (Å²) in [6.07, 6.45) is 0.875. The lowest BCUT2D eigenvalue weighted by Gasteiger charge is -2.11. The Morgan fingerprint density at radius 2 is 2.06 bits per heavy atom. The zero-order chi connectivity index (χ0) is 12.8. The van der Waals surface area contributed by atoms with Crippen molar-refractivity contribution in [3.05, 3.63) is 34.9 Å². The number of aryl methyl sites for hydroxylation is 1. The Kier molecular flexibility index (Phi) is 5.01. The quantitative estimate of drug-likeness (QED) is 0.826. The Morgan fingerprint density at radius 3 is 2.65 bits per heavy atom. The van der Waals surface area contributed by atoms with Crippen molar-refractivity contribution in [3.8, 4) is 0 Å². The largest absolute Gasteiger partial charge is 0.341 e. The number of hydrogen-bond donors (Lipinski definition) is 2. The molecule has 1 aromatic rings. The first-order valence-corrected chi connectivity index (χ1v) is 6.09. The fourth-order valence-corrected chi connectivity index (χ4v) is 1.72. The van der Waals surface area contributed by atoms with Gasteiger partial charge in [0.25, 0.3) is 0 Å². The van der Waals surface area contributed by atoms with Crippen LogP contribution in [0.5, 0.6) is 0 Å². The molecule has 94 valence electrons. The Bertz CT molecular complexity index is 386. The van der Waals surface area contributed by atoms with Gasteiger partial charge in [0.05, 0.1) is 0 Å². The lowest BCUT2D eigenvalue weighted by molar-refractivity contribution is 0.243. The van der Waals surface area contributed by atoms with E-state index in [9.17, 15) is 4.79 Å². The van der Waals surface area contributed by atoms with Crippen molar-refractivity contribution < 1.29 is 4.79 Å². The molecule has 1 rings (SSSR count). The number of carbonyl (C=O) groups is 1. The fraction of sp³-hybridized carbons (Fsp3) is 0.500. The molecule has 0 fully saturated rings. The smallest absolute Gasteiger partial charge is 0.314 e. The Labute approximate surface area is 104 Å². The number of amides is 2. The van der Waals surface area contributed by atoms with Crippen LogP contribution < -0.4 is 10.6 Å². The molecule has 0 radical (unpaired) electrons. The van der Waals surface area contributed by atoms with E-state index in [1.54, 1.807) is 7.05 Å². The van der Waals surface area contributed by atoms with E-state index < -0.39 is 0 Å². The average Bonchev–Trinajstić information content (AvgIpc) is 2.30. The van der Waals surface area contributed by atoms with Crippen LogP contribution in [0.2, 0.25) is 0 Å². The number of hydrogen-bond acceptors (Lipinski definition) is 1. The first-order valence-electron chi connectivity index (χ1n) is 6.09. The molecule has 0 aliphatic heterocycles. The molecule has 0 atom stereocenters. The van der Waals surface area contributed by atoms with Gasteiger partial charge in [0.2, 0.25) is 0 Å². The van der Waals surface area contributed by atoms with Gasteiger partial charge in [-0.25, -0.2) is 4.79 Å². The van der Waals surface area contributed by atoms with Crippen LogP contribution >= 0.6 is 0 Å². The summed E-state index contributed by atoms with van der Waals surface area (Å²) in [5, 5.41) is 5.35. The molecular weight excluding hydrogens is 212 g/mol. The number of urea groups is 1. The number of benzene rings is 1. The van der Waals surface area contributed by atoms with Crippen LogP contribution in [0.4, 0.5) is 4.79 Å². The SMILES string of the molecule is CNC(=O)NCCc1cc(C(C)C)ccc1C. The van der Waals surface area contributed by atoms with E-state index >= 15 is 0 Å². The van der Waals surface area contributed by atoms with Gasteiger partial charge in [-0.15, -0.1) is 0 Å². The van der Waals surface area contributed by atoms with Crippen molar-refractivity contribution in [1.82, 2.24) is 10.6 Å². The van der Waals surface area contributed by atoms with Gasteiger partial charge < -0.3 is 10.6 Å². The van der Waals surface area contributed by atoms with Gasteiger partial charge in [-0.05, 0) is 36.0 Å². The molecule has 3 nitrogen and oxygen atoms in total. The molecule has 1 aromatic carbocycles. The van der Waals surface area contributed by atoms with Crippen LogP contribution in [0.3, 0.4) is 0 Å². The van der Waals surface area contributed by atoms with Crippen LogP contribution in [0.15, 0.2) is 18.2 Å². The molecule has 2 N–H and O–H groups in total. The van der Waals surface area contributed by atoms with Gasteiger partial charge in [-0.2, -0.15) is 0 Å². The van der Waals surface area contributed by atoms with E-state index in [1.165, 1.54) is 16.7 Å². The van der Waals surface area contributed by atoms with Gasteiger partial charge >= 0.3 is 6.03 Å². The molecule has 2 amide bonds. The number of nitrogens with one attached hydrogen (secondary N) is 2. The highest BCUT2D eigenvalue weighted by molar-refractivity contribution is 5.73. The average molecular weight is 234 g/mol. The third-order valence-electron chi connectivity index (χ3n) is 2.95. The summed E-state index contributed by atoms with van der Waals surface area (Å²) in [7, 11) is 1.62. The molecule has 0 aliphatic carbocycles. The number of carbonyl (C=O) groups excluding carboxylic acids is 1. The topological polar surface area (TPSA) is 41.1 Å². The minimum Gasteiger partial charge on any atom is -0.341 e. The molecular formula is C14H22N2O. The molecule has 17 heavy (non-hydrogen) atoms. The summed E-state index contributed by atoms with van der Waals surface area (Å²) in [5.41, 5.74) is 3.95. The summed E-state index contributed by atoms with van der Waals surface area (Å²) in [6.45, 7) is 7.16. The van der Waals surface area contributed by atoms with E-state index in [1.807, 2.05) is 0 Å². The first kappa shape index (κ1) is 13.6. The summed E-state index contributed by atoms with van der Waals surface area (Å²) >= 11 is 0. The molecule has 3 heteroatoms. The van der Waals surface area contributed by atoms with Crippen molar-refractivity contribution in [2.24, 2.45) is 0 Å². The molecule has 0 heterocycles. The Balaban J connectivity index is 2.63. The standard InChI is InChI=1S/C14H22N2O/c1-10(2)12-6-5-11(3)13(9-12)7-8-16-14(17)15-4/h5-6,9-10H,7-8H2,1-4H3,(H2,15,16,17). The first-order chi connectivity index (χ1) is 8.04. The molecule has 0 saturated heterocycles. The highest BCUT2D eigenvalue weighted by atomic mass is 16.2. The maximum Gasteiger partial charge on any atom is 0.314 e. The lowest BCUT2D eigenvalue weighted by atomic mass is 9.96. The van der Waals surface area contributed by atoms with E-state index in [-0.39, 0.29) is 6.03 Å². The van der Waals surface area contributed by atoms with Gasteiger partial charge in [-0.3, -0.25) is 0 Å². The number of rotatable bonds is 4. The fourth-order valence-electron chi connectivity index (χ4n) is 1.72. The van der Waals surface area contributed by atoms with Crippen molar-refractivity contribution in [3.63, 3.8) is 0 Å². The molecule has 0 saturated carbocycles. The third kappa shape index (κ3) is 4.10. The molecule has 0 unspecified atom stereocenters. The summed E-state index contributed by atoms with van der Waals surface area (Å²) in [4.78, 5) is 11.0. The molecule has 0 aliphatic rings. The van der Waals surface area contributed by atoms with Crippen LogP contribution in [0.1, 0.15) is 36.5 Å². The minimum atomic E-state index is -0.123. The zero-order valence-corrected chi connectivity index (χ0v) is 11.1. The molecule has 0 spiro atoms. The Hall–Kier alpha value is -1.51. The minimum absolute atomic E-state index is 0.123. The highest BCUT2D eigenvalue weighted by Gasteiger charge is 2.04. The predicted octanol–water partition coefficient (Wildman–Crippen LogP) is 2.59. The van der Waals surface area contributed by atoms with Crippen molar-refractivity contribution >= 4 is 6.03 Å². The van der Waals surface area contributed by atoms with Gasteiger partial charge in [0, 0.05) is 13.6 Å². The van der Waals surface area contributed by atoms with Crippen LogP contribution in [-0.2, 0) is 6.42 Å². The molecule has 0 bridgehead atoms. The van der Waals surface area contributed by atoms with Gasteiger partial charge in [0.15, 0.2) is 0 Å². The third-order valence-corrected chi connectivity index (χ3v) is 2.95. The second kappa shape index (κ2) is 6.28. The Morgan fingerprint density at radius 1 is 1.35 bits per heavy atom. The second-order valence-corrected chi connectivity index (χ2v) is 4.60. The summed E-state index contributed by atoms with van der Waals surface area (Å²) < 4.78 is 0. The molecule has 0 aromatic heterocycles. The zero-order valence-electron chi connectivity index (χ0n) is 11.1. The second-order valence-electron chi connectivity index (χ2n) is 4.60. The normalized spacial score (nSPS) is 10.4. The van der Waals surface area contributed by atoms with Gasteiger partial charge in [0.1, 0.15) is 0 Å². The van der Waals surface area contributed by atoms with E-state index in [2.05, 4.69) is 49.6 Å². The van der Waals surface area contributed by atoms with Crippen molar-refractivity contribution in [2.45, 2.75) is 33.1 Å². The van der Waals surface area contributed by atoms with Crippen molar-refractivity contribution in [1.29, 1.82) is 0 Å². The lowest BCUT2D eigenvalue weighted by Crippen LogP contribution is -2.34.